The van der Waals surface area contributed by atoms with Gasteiger partial charge in [-0.2, -0.15) is 10.1 Å². The molecule has 1 amide bonds. The normalized spacial score (nSPS) is 23.6. The molecule has 10 nitrogen and oxygen atoms in total. The minimum Gasteiger partial charge on any atom is -0.350 e. The fourth-order valence-corrected chi connectivity index (χ4v) is 4.81. The lowest BCUT2D eigenvalue weighted by atomic mass is 10.1. The minimum absolute atomic E-state index is 0.0725. The minimum atomic E-state index is -0.246. The molecule has 5 heterocycles. The Hall–Kier alpha value is -3.14. The predicted molar refractivity (Wildman–Crippen MR) is 121 cm³/mol. The number of anilines is 3. The average molecular weight is 436 g/mol. The number of carbonyl (C=O) groups is 1. The lowest BCUT2D eigenvalue weighted by Crippen LogP contribution is -2.51. The molecule has 3 aliphatic rings. The number of H-pyrrole nitrogens is 1. The molecule has 6 rings (SSSR count). The van der Waals surface area contributed by atoms with Gasteiger partial charge in [-0.15, -0.1) is 5.10 Å². The summed E-state index contributed by atoms with van der Waals surface area (Å²) in [5, 5.41) is 22.2. The molecule has 0 radical (unpaired) electrons. The van der Waals surface area contributed by atoms with E-state index < -0.39 is 0 Å². The highest BCUT2D eigenvalue weighted by Gasteiger charge is 2.34. The highest BCUT2D eigenvalue weighted by Crippen LogP contribution is 2.39. The Morgan fingerprint density at radius 1 is 1.19 bits per heavy atom. The van der Waals surface area contributed by atoms with Gasteiger partial charge in [0, 0.05) is 43.0 Å². The van der Waals surface area contributed by atoms with Gasteiger partial charge in [-0.25, -0.2) is 4.52 Å². The van der Waals surface area contributed by atoms with Crippen LogP contribution in [0.4, 0.5) is 17.6 Å². The van der Waals surface area contributed by atoms with Crippen molar-refractivity contribution < 1.29 is 4.79 Å². The van der Waals surface area contributed by atoms with Gasteiger partial charge in [0.25, 0.3) is 0 Å². The van der Waals surface area contributed by atoms with E-state index in [1.807, 2.05) is 27.7 Å². The molecule has 3 fully saturated rings. The number of aromatic amines is 1. The van der Waals surface area contributed by atoms with E-state index in [4.69, 9.17) is 10.1 Å². The topological polar surface area (TPSA) is 115 Å². The van der Waals surface area contributed by atoms with Crippen LogP contribution in [0, 0.1) is 0 Å². The van der Waals surface area contributed by atoms with Crippen LogP contribution in [0.5, 0.6) is 0 Å². The zero-order chi connectivity index (χ0) is 21.5. The molecular formula is C22H29N9O. The van der Waals surface area contributed by atoms with E-state index >= 15 is 0 Å². The number of nitrogens with zero attached hydrogens (tertiary/aromatic N) is 5. The fraction of sp³-hybridized carbons (Fsp3) is 0.545. The zero-order valence-electron chi connectivity index (χ0n) is 18.0. The molecule has 0 spiro atoms. The van der Waals surface area contributed by atoms with Crippen LogP contribution in [0.15, 0.2) is 24.4 Å². The maximum atomic E-state index is 13.1. The van der Waals surface area contributed by atoms with Crippen LogP contribution in [0.25, 0.3) is 5.52 Å². The van der Waals surface area contributed by atoms with Crippen molar-refractivity contribution in [1.29, 1.82) is 0 Å². The van der Waals surface area contributed by atoms with Crippen LogP contribution in [0.1, 0.15) is 50.1 Å². The number of hydrogen-bond donors (Lipinski definition) is 4. The van der Waals surface area contributed by atoms with Gasteiger partial charge in [-0.1, -0.05) is 0 Å². The Morgan fingerprint density at radius 2 is 2.12 bits per heavy atom. The van der Waals surface area contributed by atoms with E-state index in [1.54, 1.807) is 0 Å². The summed E-state index contributed by atoms with van der Waals surface area (Å²) >= 11 is 0. The zero-order valence-corrected chi connectivity index (χ0v) is 18.0. The number of aromatic nitrogens is 5. The molecule has 0 unspecified atom stereocenters. The molecule has 0 aromatic carbocycles. The van der Waals surface area contributed by atoms with Crippen molar-refractivity contribution in [2.24, 2.45) is 0 Å². The summed E-state index contributed by atoms with van der Waals surface area (Å²) in [5.41, 5.74) is 2.04. The fourth-order valence-electron chi connectivity index (χ4n) is 4.81. The molecule has 1 saturated carbocycles. The molecule has 32 heavy (non-hydrogen) atoms. The number of amides is 1. The maximum absolute atomic E-state index is 13.1. The molecule has 2 aliphatic heterocycles. The van der Waals surface area contributed by atoms with Crippen molar-refractivity contribution >= 4 is 29.0 Å². The van der Waals surface area contributed by atoms with Crippen LogP contribution in [0.2, 0.25) is 0 Å². The molecule has 3 aromatic rings. The summed E-state index contributed by atoms with van der Waals surface area (Å²) in [7, 11) is 0. The van der Waals surface area contributed by atoms with Gasteiger partial charge in [0.05, 0.1) is 0 Å². The first-order chi connectivity index (χ1) is 15.7. The largest absolute Gasteiger partial charge is 0.350 e. The van der Waals surface area contributed by atoms with Gasteiger partial charge in [0.15, 0.2) is 11.6 Å². The number of hydrogen-bond acceptors (Lipinski definition) is 7. The summed E-state index contributed by atoms with van der Waals surface area (Å²) in [4.78, 5) is 20.0. The lowest BCUT2D eigenvalue weighted by Gasteiger charge is -2.28. The van der Waals surface area contributed by atoms with E-state index in [2.05, 4.69) is 32.2 Å². The first-order valence-electron chi connectivity index (χ1n) is 11.7. The Balaban J connectivity index is 1.25. The van der Waals surface area contributed by atoms with Crippen LogP contribution in [0.3, 0.4) is 0 Å². The summed E-state index contributed by atoms with van der Waals surface area (Å²) in [5.74, 6) is 2.68. The molecule has 0 bridgehead atoms. The number of piperidine rings is 1. The second kappa shape index (κ2) is 8.09. The van der Waals surface area contributed by atoms with E-state index in [1.165, 1.54) is 18.5 Å². The molecule has 4 N–H and O–H groups in total. The molecule has 2 saturated heterocycles. The molecule has 3 aromatic heterocycles. The summed E-state index contributed by atoms with van der Waals surface area (Å²) in [6.45, 7) is 2.63. The van der Waals surface area contributed by atoms with Gasteiger partial charge in [-0.3, -0.25) is 9.89 Å². The number of carbonyl (C=O) groups excluding carboxylic acids is 1. The highest BCUT2D eigenvalue weighted by atomic mass is 16.2. The standard InChI is InChI=1S/C22H29N9O/c32-21(24-15-4-1-9-23-13-15)18-6-2-10-30(18)22-26-20(17-5-3-11-31(17)29-22)25-19-12-16(27-28-19)14-7-8-14/h3,5,11-12,14-15,18,23H,1-2,4,6-10,13H2,(H,24,32)(H2,25,26,27,28,29)/t15-,18+/m1/s1. The third kappa shape index (κ3) is 3.79. The van der Waals surface area contributed by atoms with Crippen molar-refractivity contribution in [3.05, 3.63) is 30.1 Å². The average Bonchev–Trinajstić information content (AvgIpc) is 3.20. The second-order valence-electron chi connectivity index (χ2n) is 9.11. The molecular weight excluding hydrogens is 406 g/mol. The predicted octanol–water partition coefficient (Wildman–Crippen LogP) is 1.91. The van der Waals surface area contributed by atoms with Crippen LogP contribution in [-0.4, -0.2) is 62.4 Å². The van der Waals surface area contributed by atoms with Gasteiger partial charge in [-0.05, 0) is 57.2 Å². The SMILES string of the molecule is O=C(N[C@@H]1CCCNC1)[C@@H]1CCCN1c1nc(Nc2cc(C3CC3)[nH]n2)c2cccn2n1. The Labute approximate surface area is 186 Å². The van der Waals surface area contributed by atoms with E-state index in [0.29, 0.717) is 17.7 Å². The van der Waals surface area contributed by atoms with Crippen LogP contribution in [-0.2, 0) is 4.79 Å². The molecule has 168 valence electrons. The monoisotopic (exact) mass is 435 g/mol. The van der Waals surface area contributed by atoms with Crippen molar-refractivity contribution in [3.8, 4) is 0 Å². The Morgan fingerprint density at radius 3 is 2.97 bits per heavy atom. The maximum Gasteiger partial charge on any atom is 0.246 e. The summed E-state index contributed by atoms with van der Waals surface area (Å²) < 4.78 is 1.82. The van der Waals surface area contributed by atoms with Crippen molar-refractivity contribution in [2.45, 2.75) is 56.5 Å². The van der Waals surface area contributed by atoms with Gasteiger partial charge in [0.1, 0.15) is 11.6 Å². The molecule has 2 atom stereocenters. The van der Waals surface area contributed by atoms with Crippen molar-refractivity contribution in [1.82, 2.24) is 35.4 Å². The van der Waals surface area contributed by atoms with Crippen LogP contribution >= 0.6 is 0 Å². The smallest absolute Gasteiger partial charge is 0.246 e. The van der Waals surface area contributed by atoms with Crippen molar-refractivity contribution in [2.75, 3.05) is 29.9 Å². The molecule has 1 aliphatic carbocycles. The third-order valence-electron chi connectivity index (χ3n) is 6.70. The van der Waals surface area contributed by atoms with E-state index in [-0.39, 0.29) is 18.0 Å². The van der Waals surface area contributed by atoms with E-state index in [0.717, 1.165) is 56.7 Å². The summed E-state index contributed by atoms with van der Waals surface area (Å²) in [6, 6.07) is 5.94. The van der Waals surface area contributed by atoms with Crippen LogP contribution < -0.4 is 20.9 Å². The molecule has 10 heteroatoms. The first kappa shape index (κ1) is 19.5. The third-order valence-corrected chi connectivity index (χ3v) is 6.70. The number of nitrogens with one attached hydrogen (secondary N) is 4. The lowest BCUT2D eigenvalue weighted by molar-refractivity contribution is -0.123. The highest BCUT2D eigenvalue weighted by molar-refractivity contribution is 5.86. The van der Waals surface area contributed by atoms with Gasteiger partial charge < -0.3 is 20.9 Å². The summed E-state index contributed by atoms with van der Waals surface area (Å²) in [6.07, 6.45) is 8.22. The van der Waals surface area contributed by atoms with Crippen molar-refractivity contribution in [3.63, 3.8) is 0 Å². The number of rotatable bonds is 6. The second-order valence-corrected chi connectivity index (χ2v) is 9.11. The first-order valence-corrected chi connectivity index (χ1v) is 11.7. The van der Waals surface area contributed by atoms with Gasteiger partial charge >= 0.3 is 0 Å². The van der Waals surface area contributed by atoms with E-state index in [9.17, 15) is 4.79 Å². The number of fused-ring (bicyclic) bond motifs is 1. The van der Waals surface area contributed by atoms with Gasteiger partial charge in [0.2, 0.25) is 11.9 Å². The Bertz CT molecular complexity index is 1110. The Kier molecular flexibility index (Phi) is 4.94. The quantitative estimate of drug-likeness (QED) is 0.467.